The van der Waals surface area contributed by atoms with Crippen molar-refractivity contribution in [2.24, 2.45) is 23.5 Å². The van der Waals surface area contributed by atoms with Gasteiger partial charge in [-0.25, -0.2) is 13.8 Å². The summed E-state index contributed by atoms with van der Waals surface area (Å²) in [6.45, 7) is 0. The van der Waals surface area contributed by atoms with E-state index in [1.165, 1.54) is 24.2 Å². The molecule has 2 unspecified atom stereocenters. The van der Waals surface area contributed by atoms with Gasteiger partial charge in [0.05, 0.1) is 31.1 Å². The number of pyridine rings is 1. The number of carbonyl (C=O) groups is 1. The lowest BCUT2D eigenvalue weighted by Crippen LogP contribution is -2.43. The van der Waals surface area contributed by atoms with Gasteiger partial charge in [-0.1, -0.05) is 0 Å². The molecular weight excluding hydrogens is 392 g/mol. The molecule has 0 radical (unpaired) electrons. The first-order chi connectivity index (χ1) is 14.5. The van der Waals surface area contributed by atoms with Gasteiger partial charge >= 0.3 is 0 Å². The van der Waals surface area contributed by atoms with Crippen LogP contribution in [-0.4, -0.2) is 40.2 Å². The van der Waals surface area contributed by atoms with Gasteiger partial charge in [0.15, 0.2) is 0 Å². The molecule has 2 aromatic heterocycles. The Labute approximate surface area is 174 Å². The lowest BCUT2D eigenvalue weighted by Gasteiger charge is -2.22. The van der Waals surface area contributed by atoms with Crippen LogP contribution in [-0.2, 0) is 4.79 Å². The highest BCUT2D eigenvalue weighted by atomic mass is 19.3. The number of nitrogens with two attached hydrogens (primary N) is 1. The number of aromatic nitrogens is 3. The normalized spacial score (nSPS) is 18.5. The SMILES string of the molecule is COc1ncccc1C(CC(F)F)n1cc(NC(=O)C(N)C(C2CC2)C2CC2)cn1. The molecule has 0 aromatic carbocycles. The van der Waals surface area contributed by atoms with Gasteiger partial charge in [-0.15, -0.1) is 0 Å². The zero-order valence-corrected chi connectivity index (χ0v) is 16.9. The van der Waals surface area contributed by atoms with E-state index in [1.54, 1.807) is 18.3 Å². The average Bonchev–Trinajstić information content (AvgIpc) is 3.67. The maximum atomic E-state index is 13.3. The summed E-state index contributed by atoms with van der Waals surface area (Å²) in [5.41, 5.74) is 7.22. The molecule has 0 aliphatic heterocycles. The van der Waals surface area contributed by atoms with Crippen LogP contribution in [0.2, 0.25) is 0 Å². The zero-order valence-electron chi connectivity index (χ0n) is 16.9. The topological polar surface area (TPSA) is 95.1 Å². The van der Waals surface area contributed by atoms with E-state index >= 15 is 0 Å². The molecule has 30 heavy (non-hydrogen) atoms. The van der Waals surface area contributed by atoms with E-state index in [9.17, 15) is 13.6 Å². The first-order valence-electron chi connectivity index (χ1n) is 10.4. The monoisotopic (exact) mass is 419 g/mol. The molecule has 2 aromatic rings. The predicted molar refractivity (Wildman–Crippen MR) is 107 cm³/mol. The summed E-state index contributed by atoms with van der Waals surface area (Å²) in [5, 5.41) is 7.03. The summed E-state index contributed by atoms with van der Waals surface area (Å²) in [7, 11) is 1.44. The highest BCUT2D eigenvalue weighted by molar-refractivity contribution is 5.94. The Kier molecular flexibility index (Phi) is 5.99. The summed E-state index contributed by atoms with van der Waals surface area (Å²) in [5.74, 6) is 1.35. The largest absolute Gasteiger partial charge is 0.481 e. The van der Waals surface area contributed by atoms with Gasteiger partial charge in [0.1, 0.15) is 0 Å². The molecule has 0 spiro atoms. The van der Waals surface area contributed by atoms with Crippen LogP contribution in [0.15, 0.2) is 30.7 Å². The number of rotatable bonds is 10. The van der Waals surface area contributed by atoms with Crippen molar-refractivity contribution in [2.45, 2.75) is 50.6 Å². The van der Waals surface area contributed by atoms with Gasteiger partial charge in [-0.05, 0) is 55.6 Å². The second-order valence-electron chi connectivity index (χ2n) is 8.22. The van der Waals surface area contributed by atoms with Crippen molar-refractivity contribution in [3.63, 3.8) is 0 Å². The van der Waals surface area contributed by atoms with Crippen LogP contribution in [0.1, 0.15) is 43.7 Å². The molecule has 2 fully saturated rings. The van der Waals surface area contributed by atoms with Crippen molar-refractivity contribution in [3.8, 4) is 5.88 Å². The Balaban J connectivity index is 1.50. The number of carbonyl (C=O) groups excluding carboxylic acids is 1. The zero-order chi connectivity index (χ0) is 21.3. The molecule has 2 heterocycles. The lowest BCUT2D eigenvalue weighted by molar-refractivity contribution is -0.118. The first kappa shape index (κ1) is 20.7. The van der Waals surface area contributed by atoms with E-state index in [-0.39, 0.29) is 17.7 Å². The van der Waals surface area contributed by atoms with Gasteiger partial charge in [0.25, 0.3) is 0 Å². The Morgan fingerprint density at radius 2 is 2.03 bits per heavy atom. The number of nitrogens with one attached hydrogen (secondary N) is 1. The van der Waals surface area contributed by atoms with Crippen molar-refractivity contribution in [2.75, 3.05) is 12.4 Å². The summed E-state index contributed by atoms with van der Waals surface area (Å²) in [6.07, 6.45) is 6.10. The van der Waals surface area contributed by atoms with E-state index in [2.05, 4.69) is 15.4 Å². The standard InChI is InChI=1S/C21H27F2N5O2/c1-30-21-15(3-2-8-25-21)16(9-17(22)23)28-11-14(10-26-28)27-20(29)19(24)18(12-4-5-12)13-6-7-13/h2-3,8,10-13,16-19H,4-7,9,24H2,1H3,(H,27,29). The average molecular weight is 419 g/mol. The number of halogens is 2. The molecule has 2 aliphatic carbocycles. The smallest absolute Gasteiger partial charge is 0.241 e. The quantitative estimate of drug-likeness (QED) is 0.617. The minimum absolute atomic E-state index is 0.228. The maximum Gasteiger partial charge on any atom is 0.241 e. The van der Waals surface area contributed by atoms with Gasteiger partial charge in [0, 0.05) is 24.4 Å². The number of hydrogen-bond donors (Lipinski definition) is 2. The lowest BCUT2D eigenvalue weighted by atomic mass is 9.89. The number of hydrogen-bond acceptors (Lipinski definition) is 5. The number of amides is 1. The molecular formula is C21H27F2N5O2. The highest BCUT2D eigenvalue weighted by Gasteiger charge is 2.46. The Morgan fingerprint density at radius 1 is 1.33 bits per heavy atom. The van der Waals surface area contributed by atoms with Gasteiger partial charge < -0.3 is 15.8 Å². The van der Waals surface area contributed by atoms with Crippen LogP contribution in [0.5, 0.6) is 5.88 Å². The fourth-order valence-corrected chi connectivity index (χ4v) is 4.28. The second-order valence-corrected chi connectivity index (χ2v) is 8.22. The molecule has 2 atom stereocenters. The predicted octanol–water partition coefficient (Wildman–Crippen LogP) is 3.23. The molecule has 162 valence electrons. The molecule has 9 heteroatoms. The molecule has 0 bridgehead atoms. The van der Waals surface area contributed by atoms with Crippen LogP contribution in [0.25, 0.3) is 0 Å². The maximum absolute atomic E-state index is 13.3. The molecule has 2 aliphatic rings. The Bertz CT molecular complexity index is 870. The Hall–Kier alpha value is -2.55. The number of nitrogens with zero attached hydrogens (tertiary/aromatic N) is 3. The number of ether oxygens (including phenoxy) is 1. The van der Waals surface area contributed by atoms with Gasteiger partial charge in [0.2, 0.25) is 18.2 Å². The number of anilines is 1. The van der Waals surface area contributed by atoms with Crippen LogP contribution >= 0.6 is 0 Å². The summed E-state index contributed by atoms with van der Waals surface area (Å²) >= 11 is 0. The minimum atomic E-state index is -2.55. The van der Waals surface area contributed by atoms with Crippen molar-refractivity contribution in [3.05, 3.63) is 36.3 Å². The van der Waals surface area contributed by atoms with Gasteiger partial charge in [-0.2, -0.15) is 5.10 Å². The third-order valence-corrected chi connectivity index (χ3v) is 5.99. The third-order valence-electron chi connectivity index (χ3n) is 5.99. The van der Waals surface area contributed by atoms with Gasteiger partial charge in [-0.3, -0.25) is 9.48 Å². The van der Waals surface area contributed by atoms with Crippen molar-refractivity contribution in [1.82, 2.24) is 14.8 Å². The highest BCUT2D eigenvalue weighted by Crippen LogP contribution is 2.50. The summed E-state index contributed by atoms with van der Waals surface area (Å²) in [4.78, 5) is 16.8. The first-order valence-corrected chi connectivity index (χ1v) is 10.4. The van der Waals surface area contributed by atoms with E-state index < -0.39 is 24.9 Å². The van der Waals surface area contributed by atoms with E-state index in [0.717, 1.165) is 25.7 Å². The summed E-state index contributed by atoms with van der Waals surface area (Å²) < 4.78 is 33.2. The van der Waals surface area contributed by atoms with Crippen molar-refractivity contribution < 1.29 is 18.3 Å². The molecule has 3 N–H and O–H groups in total. The van der Waals surface area contributed by atoms with Crippen LogP contribution in [0.3, 0.4) is 0 Å². The minimum Gasteiger partial charge on any atom is -0.481 e. The number of methoxy groups -OCH3 is 1. The fourth-order valence-electron chi connectivity index (χ4n) is 4.28. The van der Waals surface area contributed by atoms with E-state index in [4.69, 9.17) is 10.5 Å². The van der Waals surface area contributed by atoms with Crippen molar-refractivity contribution >= 4 is 11.6 Å². The number of alkyl halides is 2. The third kappa shape index (κ3) is 4.61. The molecule has 2 saturated carbocycles. The van der Waals surface area contributed by atoms with Crippen LogP contribution in [0.4, 0.5) is 14.5 Å². The van der Waals surface area contributed by atoms with Crippen molar-refractivity contribution in [1.29, 1.82) is 0 Å². The molecule has 1 amide bonds. The molecule has 7 nitrogen and oxygen atoms in total. The summed E-state index contributed by atoms with van der Waals surface area (Å²) in [6, 6.07) is 2.00. The van der Waals surface area contributed by atoms with Crippen LogP contribution in [0, 0.1) is 17.8 Å². The van der Waals surface area contributed by atoms with E-state index in [0.29, 0.717) is 23.1 Å². The Morgan fingerprint density at radius 3 is 2.63 bits per heavy atom. The molecule has 4 rings (SSSR count). The fraction of sp³-hybridized carbons (Fsp3) is 0.571. The van der Waals surface area contributed by atoms with E-state index in [1.807, 2.05) is 0 Å². The van der Waals surface area contributed by atoms with Crippen LogP contribution < -0.4 is 15.8 Å². The molecule has 0 saturated heterocycles. The second kappa shape index (κ2) is 8.67.